The Kier molecular flexibility index (Phi) is 4.09. The summed E-state index contributed by atoms with van der Waals surface area (Å²) in [6.07, 6.45) is -4.60. The number of halogens is 4. The van der Waals surface area contributed by atoms with E-state index < -0.39 is 17.5 Å². The fraction of sp³-hybridized carbons (Fsp3) is 0.143. The van der Waals surface area contributed by atoms with Gasteiger partial charge in [-0.25, -0.2) is 0 Å². The predicted octanol–water partition coefficient (Wildman–Crippen LogP) is 4.64. The van der Waals surface area contributed by atoms with Crippen molar-refractivity contribution in [2.24, 2.45) is 0 Å². The number of ether oxygens (including phenoxy) is 1. The lowest BCUT2D eigenvalue weighted by Gasteiger charge is -2.11. The summed E-state index contributed by atoms with van der Waals surface area (Å²) < 4.78 is 43.2. The Morgan fingerprint density at radius 2 is 1.85 bits per heavy atom. The summed E-state index contributed by atoms with van der Waals surface area (Å²) in [5, 5.41) is 9.69. The monoisotopic (exact) mass is 302 g/mol. The number of benzene rings is 2. The first kappa shape index (κ1) is 14.5. The third-order valence-electron chi connectivity index (χ3n) is 2.57. The van der Waals surface area contributed by atoms with E-state index in [4.69, 9.17) is 16.3 Å². The first-order chi connectivity index (χ1) is 9.36. The highest BCUT2D eigenvalue weighted by Gasteiger charge is 2.33. The standard InChI is InChI=1S/C14H10ClF3O2/c15-10-2-1-3-11(7-10)20-8-9-4-5-13(19)12(6-9)14(16,17)18/h1-7,19H,8H2. The van der Waals surface area contributed by atoms with Gasteiger partial charge in [0.2, 0.25) is 0 Å². The van der Waals surface area contributed by atoms with Gasteiger partial charge >= 0.3 is 6.18 Å². The Balaban J connectivity index is 2.14. The first-order valence-electron chi connectivity index (χ1n) is 5.64. The highest BCUT2D eigenvalue weighted by Crippen LogP contribution is 2.36. The van der Waals surface area contributed by atoms with Crippen molar-refractivity contribution in [1.82, 2.24) is 0 Å². The lowest BCUT2D eigenvalue weighted by atomic mass is 10.1. The van der Waals surface area contributed by atoms with E-state index >= 15 is 0 Å². The molecule has 1 N–H and O–H groups in total. The average Bonchev–Trinajstić information content (AvgIpc) is 2.36. The number of rotatable bonds is 3. The zero-order valence-electron chi connectivity index (χ0n) is 10.1. The summed E-state index contributed by atoms with van der Waals surface area (Å²) >= 11 is 5.77. The summed E-state index contributed by atoms with van der Waals surface area (Å²) in [6.45, 7) is -0.0519. The van der Waals surface area contributed by atoms with Crippen molar-refractivity contribution in [3.63, 3.8) is 0 Å². The van der Waals surface area contributed by atoms with Crippen LogP contribution < -0.4 is 4.74 Å². The molecule has 0 bridgehead atoms. The Bertz CT molecular complexity index is 612. The van der Waals surface area contributed by atoms with E-state index in [-0.39, 0.29) is 6.61 Å². The molecule has 6 heteroatoms. The van der Waals surface area contributed by atoms with Crippen LogP contribution in [0.15, 0.2) is 42.5 Å². The number of hydrogen-bond acceptors (Lipinski definition) is 2. The van der Waals surface area contributed by atoms with Gasteiger partial charge < -0.3 is 9.84 Å². The van der Waals surface area contributed by atoms with Crippen molar-refractivity contribution in [3.8, 4) is 11.5 Å². The van der Waals surface area contributed by atoms with E-state index in [1.807, 2.05) is 0 Å². The van der Waals surface area contributed by atoms with Gasteiger partial charge in [0.05, 0.1) is 5.56 Å². The molecular formula is C14H10ClF3O2. The normalized spacial score (nSPS) is 11.4. The Morgan fingerprint density at radius 3 is 2.50 bits per heavy atom. The highest BCUT2D eigenvalue weighted by atomic mass is 35.5. The second-order valence-corrected chi connectivity index (χ2v) is 4.53. The van der Waals surface area contributed by atoms with Crippen LogP contribution in [-0.4, -0.2) is 5.11 Å². The number of alkyl halides is 3. The molecule has 0 aliphatic carbocycles. The van der Waals surface area contributed by atoms with Crippen LogP contribution in [0.5, 0.6) is 11.5 Å². The molecule has 0 radical (unpaired) electrons. The molecule has 2 aromatic carbocycles. The van der Waals surface area contributed by atoms with Gasteiger partial charge in [0, 0.05) is 5.02 Å². The van der Waals surface area contributed by atoms with Crippen molar-refractivity contribution in [2.45, 2.75) is 12.8 Å². The fourth-order valence-electron chi connectivity index (χ4n) is 1.62. The molecule has 0 aromatic heterocycles. The summed E-state index contributed by atoms with van der Waals surface area (Å²) in [5.74, 6) is -0.344. The van der Waals surface area contributed by atoms with Crippen molar-refractivity contribution < 1.29 is 23.0 Å². The van der Waals surface area contributed by atoms with Crippen molar-refractivity contribution in [3.05, 3.63) is 58.6 Å². The zero-order chi connectivity index (χ0) is 14.8. The molecule has 0 aliphatic rings. The van der Waals surface area contributed by atoms with E-state index in [0.29, 0.717) is 16.3 Å². The molecule has 0 amide bonds. The minimum absolute atomic E-state index is 0.0519. The Hall–Kier alpha value is -1.88. The van der Waals surface area contributed by atoms with E-state index in [1.165, 1.54) is 6.07 Å². The van der Waals surface area contributed by atoms with E-state index in [2.05, 4.69) is 0 Å². The number of phenols is 1. The summed E-state index contributed by atoms with van der Waals surface area (Å²) in [5.41, 5.74) is -0.778. The quantitative estimate of drug-likeness (QED) is 0.894. The lowest BCUT2D eigenvalue weighted by molar-refractivity contribution is -0.138. The van der Waals surface area contributed by atoms with Crippen LogP contribution in [0.4, 0.5) is 13.2 Å². The van der Waals surface area contributed by atoms with Gasteiger partial charge in [-0.2, -0.15) is 13.2 Å². The molecule has 2 nitrogen and oxygen atoms in total. The summed E-state index contributed by atoms with van der Waals surface area (Å²) in [4.78, 5) is 0. The van der Waals surface area contributed by atoms with Gasteiger partial charge in [0.15, 0.2) is 0 Å². The molecule has 0 unspecified atom stereocenters. The minimum atomic E-state index is -4.60. The van der Waals surface area contributed by atoms with Crippen LogP contribution in [0, 0.1) is 0 Å². The molecule has 0 spiro atoms. The van der Waals surface area contributed by atoms with E-state index in [9.17, 15) is 18.3 Å². The summed E-state index contributed by atoms with van der Waals surface area (Å²) in [7, 11) is 0. The fourth-order valence-corrected chi connectivity index (χ4v) is 1.80. The third kappa shape index (κ3) is 3.57. The van der Waals surface area contributed by atoms with Gasteiger partial charge in [0.1, 0.15) is 18.1 Å². The van der Waals surface area contributed by atoms with Crippen molar-refractivity contribution in [1.29, 1.82) is 0 Å². The van der Waals surface area contributed by atoms with Gasteiger partial charge in [-0.1, -0.05) is 23.7 Å². The number of aromatic hydroxyl groups is 1. The molecule has 106 valence electrons. The molecule has 0 fully saturated rings. The molecule has 20 heavy (non-hydrogen) atoms. The van der Waals surface area contributed by atoms with E-state index in [1.54, 1.807) is 24.3 Å². The molecule has 0 saturated carbocycles. The number of hydrogen-bond donors (Lipinski definition) is 1. The van der Waals surface area contributed by atoms with Crippen LogP contribution in [0.25, 0.3) is 0 Å². The van der Waals surface area contributed by atoms with Crippen LogP contribution in [0.1, 0.15) is 11.1 Å². The van der Waals surface area contributed by atoms with Crippen molar-refractivity contribution >= 4 is 11.6 Å². The third-order valence-corrected chi connectivity index (χ3v) is 2.80. The molecule has 0 atom stereocenters. The molecule has 0 heterocycles. The maximum absolute atomic E-state index is 12.6. The van der Waals surface area contributed by atoms with Gasteiger partial charge in [-0.05, 0) is 35.9 Å². The van der Waals surface area contributed by atoms with Gasteiger partial charge in [-0.3, -0.25) is 0 Å². The largest absolute Gasteiger partial charge is 0.507 e. The van der Waals surface area contributed by atoms with Gasteiger partial charge in [0.25, 0.3) is 0 Å². The van der Waals surface area contributed by atoms with Crippen LogP contribution in [-0.2, 0) is 12.8 Å². The second-order valence-electron chi connectivity index (χ2n) is 4.10. The topological polar surface area (TPSA) is 29.5 Å². The Morgan fingerprint density at radius 1 is 1.10 bits per heavy atom. The lowest BCUT2D eigenvalue weighted by Crippen LogP contribution is -2.06. The first-order valence-corrected chi connectivity index (χ1v) is 6.01. The maximum Gasteiger partial charge on any atom is 0.419 e. The predicted molar refractivity (Wildman–Crippen MR) is 68.9 cm³/mol. The number of phenolic OH excluding ortho intramolecular Hbond substituents is 1. The zero-order valence-corrected chi connectivity index (χ0v) is 10.9. The Labute approximate surface area is 118 Å². The molecule has 0 aliphatic heterocycles. The van der Waals surface area contributed by atoms with Crippen LogP contribution >= 0.6 is 11.6 Å². The molecule has 2 rings (SSSR count). The van der Waals surface area contributed by atoms with Gasteiger partial charge in [-0.15, -0.1) is 0 Å². The SMILES string of the molecule is Oc1ccc(COc2cccc(Cl)c2)cc1C(F)(F)F. The molecule has 2 aromatic rings. The summed E-state index contributed by atoms with van der Waals surface area (Å²) in [6, 6.07) is 9.78. The smallest absolute Gasteiger partial charge is 0.419 e. The van der Waals surface area contributed by atoms with Crippen molar-refractivity contribution in [2.75, 3.05) is 0 Å². The molecule has 0 saturated heterocycles. The van der Waals surface area contributed by atoms with Crippen LogP contribution in [0.3, 0.4) is 0 Å². The highest BCUT2D eigenvalue weighted by molar-refractivity contribution is 6.30. The second kappa shape index (κ2) is 5.63. The molecular weight excluding hydrogens is 293 g/mol. The maximum atomic E-state index is 12.6. The van der Waals surface area contributed by atoms with E-state index in [0.717, 1.165) is 12.1 Å². The minimum Gasteiger partial charge on any atom is -0.507 e. The average molecular weight is 303 g/mol. The van der Waals surface area contributed by atoms with Crippen LogP contribution in [0.2, 0.25) is 5.02 Å².